The van der Waals surface area contributed by atoms with Crippen LogP contribution >= 0.6 is 0 Å². The van der Waals surface area contributed by atoms with Crippen molar-refractivity contribution in [2.45, 2.75) is 38.5 Å². The number of rotatable bonds is 2. The van der Waals surface area contributed by atoms with Crippen molar-refractivity contribution in [1.82, 2.24) is 0 Å². The molecule has 1 aromatic carbocycles. The van der Waals surface area contributed by atoms with E-state index >= 15 is 0 Å². The number of benzene rings is 1. The molecule has 1 aromatic rings. The highest BCUT2D eigenvalue weighted by Gasteiger charge is 2.31. The lowest BCUT2D eigenvalue weighted by Crippen LogP contribution is -2.14. The lowest BCUT2D eigenvalue weighted by Gasteiger charge is -2.20. The minimum Gasteiger partial charge on any atom is -0.200 e. The Balaban J connectivity index is 3.01. The third kappa shape index (κ3) is 2.79. The minimum atomic E-state index is -3.05. The van der Waals surface area contributed by atoms with Crippen molar-refractivity contribution in [2.75, 3.05) is 0 Å². The number of nitriles is 1. The second-order valence-electron chi connectivity index (χ2n) is 4.87. The van der Waals surface area contributed by atoms with E-state index < -0.39 is 12.3 Å². The van der Waals surface area contributed by atoms with Crippen molar-refractivity contribution in [3.63, 3.8) is 0 Å². The van der Waals surface area contributed by atoms with Gasteiger partial charge in [-0.3, -0.25) is 0 Å². The van der Waals surface area contributed by atoms with Crippen molar-refractivity contribution in [1.29, 1.82) is 5.26 Å². The lowest BCUT2D eigenvalue weighted by atomic mass is 9.86. The van der Waals surface area contributed by atoms with E-state index in [1.54, 1.807) is 12.1 Å². The predicted molar refractivity (Wildman–Crippen MR) is 59.3 cm³/mol. The molecule has 0 radical (unpaired) electrons. The van der Waals surface area contributed by atoms with Crippen LogP contribution in [0.1, 0.15) is 38.3 Å². The molecular weight excluding hydrogens is 208 g/mol. The third-order valence-electron chi connectivity index (χ3n) is 2.47. The molecule has 0 aromatic heterocycles. The Morgan fingerprint density at radius 3 is 1.88 bits per heavy atom. The van der Waals surface area contributed by atoms with Crippen molar-refractivity contribution in [2.24, 2.45) is 0 Å². The number of alkyl halides is 2. The van der Waals surface area contributed by atoms with Gasteiger partial charge in [-0.1, -0.05) is 45.0 Å². The maximum atomic E-state index is 13.4. The van der Waals surface area contributed by atoms with Crippen LogP contribution in [-0.4, -0.2) is 0 Å². The van der Waals surface area contributed by atoms with Gasteiger partial charge in [0.05, 0.1) is 6.07 Å². The molecule has 0 amide bonds. The molecule has 0 fully saturated rings. The molecule has 86 valence electrons. The Morgan fingerprint density at radius 2 is 1.50 bits per heavy atom. The first-order valence-electron chi connectivity index (χ1n) is 5.13. The molecule has 0 unspecified atom stereocenters. The molecule has 0 aliphatic rings. The third-order valence-corrected chi connectivity index (χ3v) is 2.47. The van der Waals surface area contributed by atoms with Crippen LogP contribution in [0.4, 0.5) is 8.78 Å². The van der Waals surface area contributed by atoms with Crippen molar-refractivity contribution in [3.8, 4) is 6.07 Å². The van der Waals surface area contributed by atoms with Gasteiger partial charge >= 0.3 is 0 Å². The predicted octanol–water partition coefficient (Wildman–Crippen LogP) is 3.99. The van der Waals surface area contributed by atoms with Gasteiger partial charge in [-0.2, -0.15) is 5.26 Å². The maximum Gasteiger partial charge on any atom is 0.286 e. The second-order valence-corrected chi connectivity index (χ2v) is 4.87. The summed E-state index contributed by atoms with van der Waals surface area (Å²) in [5, 5.41) is 8.32. The maximum absolute atomic E-state index is 13.4. The van der Waals surface area contributed by atoms with E-state index in [0.29, 0.717) is 0 Å². The van der Waals surface area contributed by atoms with Gasteiger partial charge in [0.25, 0.3) is 5.92 Å². The van der Waals surface area contributed by atoms with Gasteiger partial charge in [-0.05, 0) is 11.0 Å². The highest BCUT2D eigenvalue weighted by Crippen LogP contribution is 2.32. The molecule has 0 N–H and O–H groups in total. The molecule has 16 heavy (non-hydrogen) atoms. The molecule has 0 saturated heterocycles. The average molecular weight is 223 g/mol. The fourth-order valence-corrected chi connectivity index (χ4v) is 1.42. The van der Waals surface area contributed by atoms with Crippen LogP contribution in [0.5, 0.6) is 0 Å². The van der Waals surface area contributed by atoms with E-state index in [-0.39, 0.29) is 11.0 Å². The van der Waals surface area contributed by atoms with Crippen LogP contribution in [0.2, 0.25) is 0 Å². The van der Waals surface area contributed by atoms with Crippen LogP contribution < -0.4 is 0 Å². The summed E-state index contributed by atoms with van der Waals surface area (Å²) in [6.45, 7) is 6.07. The molecule has 0 aliphatic heterocycles. The smallest absolute Gasteiger partial charge is 0.200 e. The molecule has 0 atom stereocenters. The van der Waals surface area contributed by atoms with E-state index in [0.717, 1.165) is 5.56 Å². The van der Waals surface area contributed by atoms with Crippen LogP contribution in [0, 0.1) is 11.3 Å². The number of hydrogen-bond donors (Lipinski definition) is 0. The number of nitrogens with zero attached hydrogens (tertiary/aromatic N) is 1. The molecule has 1 rings (SSSR count). The van der Waals surface area contributed by atoms with E-state index in [1.165, 1.54) is 18.2 Å². The zero-order chi connectivity index (χ0) is 12.4. The summed E-state index contributed by atoms with van der Waals surface area (Å²) in [5.41, 5.74) is 0.856. The highest BCUT2D eigenvalue weighted by atomic mass is 19.3. The fourth-order valence-electron chi connectivity index (χ4n) is 1.42. The van der Waals surface area contributed by atoms with Crippen LogP contribution in [0.15, 0.2) is 24.3 Å². The first-order chi connectivity index (χ1) is 7.27. The molecular formula is C13H15F2N. The van der Waals surface area contributed by atoms with E-state index in [9.17, 15) is 8.78 Å². The Hall–Kier alpha value is -1.43. The van der Waals surface area contributed by atoms with Gasteiger partial charge in [0.15, 0.2) is 0 Å². The molecule has 1 nitrogen and oxygen atoms in total. The number of halogens is 2. The summed E-state index contributed by atoms with van der Waals surface area (Å²) < 4.78 is 26.7. The van der Waals surface area contributed by atoms with Crippen molar-refractivity contribution in [3.05, 3.63) is 35.4 Å². The summed E-state index contributed by atoms with van der Waals surface area (Å²) >= 11 is 0. The molecule has 3 heteroatoms. The summed E-state index contributed by atoms with van der Waals surface area (Å²) in [4.78, 5) is 0. The first kappa shape index (κ1) is 12.6. The summed E-state index contributed by atoms with van der Waals surface area (Å²) in [6.07, 6.45) is -0.776. The Morgan fingerprint density at radius 1 is 1.06 bits per heavy atom. The lowest BCUT2D eigenvalue weighted by molar-refractivity contribution is 0.000916. The van der Waals surface area contributed by atoms with Gasteiger partial charge in [0.2, 0.25) is 0 Å². The van der Waals surface area contributed by atoms with E-state index in [1.807, 2.05) is 20.8 Å². The highest BCUT2D eigenvalue weighted by molar-refractivity contribution is 5.30. The largest absolute Gasteiger partial charge is 0.286 e. The molecule has 0 saturated carbocycles. The summed E-state index contributed by atoms with van der Waals surface area (Å²) in [6, 6.07) is 7.69. The van der Waals surface area contributed by atoms with Crippen molar-refractivity contribution >= 4 is 0 Å². The van der Waals surface area contributed by atoms with E-state index in [2.05, 4.69) is 0 Å². The Bertz CT molecular complexity index is 393. The Kier molecular flexibility index (Phi) is 3.32. The monoisotopic (exact) mass is 223 g/mol. The van der Waals surface area contributed by atoms with Crippen LogP contribution in [0.3, 0.4) is 0 Å². The van der Waals surface area contributed by atoms with Crippen LogP contribution in [-0.2, 0) is 11.3 Å². The number of hydrogen-bond acceptors (Lipinski definition) is 1. The molecule has 0 spiro atoms. The quantitative estimate of drug-likeness (QED) is 0.743. The van der Waals surface area contributed by atoms with E-state index in [4.69, 9.17) is 5.26 Å². The zero-order valence-electron chi connectivity index (χ0n) is 9.72. The minimum absolute atomic E-state index is 0.0525. The molecule has 0 heterocycles. The van der Waals surface area contributed by atoms with Gasteiger partial charge in [0, 0.05) is 5.56 Å². The summed E-state index contributed by atoms with van der Waals surface area (Å²) in [5.74, 6) is -3.05. The summed E-state index contributed by atoms with van der Waals surface area (Å²) in [7, 11) is 0. The normalized spacial score (nSPS) is 12.2. The standard InChI is InChI=1S/C13H15F2N/c1-12(2,3)10-4-6-11(7-5-10)13(14,15)8-9-16/h4-7H,8H2,1-3H3. The molecule has 0 aliphatic carbocycles. The average Bonchev–Trinajstić information content (AvgIpc) is 2.16. The zero-order valence-corrected chi connectivity index (χ0v) is 9.72. The van der Waals surface area contributed by atoms with Gasteiger partial charge < -0.3 is 0 Å². The topological polar surface area (TPSA) is 23.8 Å². The van der Waals surface area contributed by atoms with Gasteiger partial charge in [0.1, 0.15) is 6.42 Å². The first-order valence-corrected chi connectivity index (χ1v) is 5.13. The fraction of sp³-hybridized carbons (Fsp3) is 0.462. The van der Waals surface area contributed by atoms with Gasteiger partial charge in [-0.15, -0.1) is 0 Å². The second kappa shape index (κ2) is 4.21. The SMILES string of the molecule is CC(C)(C)c1ccc(C(F)(F)CC#N)cc1. The van der Waals surface area contributed by atoms with Gasteiger partial charge in [-0.25, -0.2) is 8.78 Å². The molecule has 0 bridgehead atoms. The van der Waals surface area contributed by atoms with Crippen LogP contribution in [0.25, 0.3) is 0 Å². The van der Waals surface area contributed by atoms with Crippen molar-refractivity contribution < 1.29 is 8.78 Å². The Labute approximate surface area is 94.7 Å².